The number of rotatable bonds is 7. The fourth-order valence-electron chi connectivity index (χ4n) is 2.69. The molecule has 8 heteroatoms. The van der Waals surface area contributed by atoms with Crippen molar-refractivity contribution in [2.75, 3.05) is 7.11 Å². The van der Waals surface area contributed by atoms with Crippen molar-refractivity contribution in [1.82, 2.24) is 5.32 Å². The Morgan fingerprint density at radius 2 is 1.60 bits per heavy atom. The molecule has 0 aromatic heterocycles. The van der Waals surface area contributed by atoms with Gasteiger partial charge in [-0.3, -0.25) is 4.79 Å². The first-order valence-electron chi connectivity index (χ1n) is 8.85. The number of methoxy groups -OCH3 is 1. The van der Waals surface area contributed by atoms with Crippen LogP contribution >= 0.6 is 0 Å². The topological polar surface area (TPSA) is 47.6 Å². The molecule has 0 bridgehead atoms. The molecule has 0 unspecified atom stereocenters. The molecule has 3 aromatic rings. The third kappa shape index (κ3) is 4.71. The third-order valence-electron chi connectivity index (χ3n) is 4.27. The highest BCUT2D eigenvalue weighted by atomic mass is 19.2. The fraction of sp³-hybridized carbons (Fsp3) is 0.136. The zero-order valence-corrected chi connectivity index (χ0v) is 15.8. The average molecular weight is 419 g/mol. The van der Waals surface area contributed by atoms with Crippen LogP contribution < -0.4 is 14.8 Å². The van der Waals surface area contributed by atoms with Gasteiger partial charge in [0.25, 0.3) is 5.91 Å². The predicted molar refractivity (Wildman–Crippen MR) is 101 cm³/mol. The molecule has 0 fully saturated rings. The van der Waals surface area contributed by atoms with Gasteiger partial charge >= 0.3 is 0 Å². The van der Waals surface area contributed by atoms with Gasteiger partial charge in [0.2, 0.25) is 0 Å². The average Bonchev–Trinajstić information content (AvgIpc) is 2.77. The summed E-state index contributed by atoms with van der Waals surface area (Å²) >= 11 is 0. The largest absolute Gasteiger partial charge is 0.493 e. The first-order valence-corrected chi connectivity index (χ1v) is 8.85. The van der Waals surface area contributed by atoms with Crippen LogP contribution in [0, 0.1) is 23.3 Å². The minimum atomic E-state index is -2.04. The Kier molecular flexibility index (Phi) is 6.56. The summed E-state index contributed by atoms with van der Waals surface area (Å²) in [7, 11) is 1.45. The number of carbonyl (C=O) groups excluding carboxylic acids is 1. The molecule has 0 saturated carbocycles. The summed E-state index contributed by atoms with van der Waals surface area (Å²) in [5, 5.41) is 2.33. The molecule has 30 heavy (non-hydrogen) atoms. The van der Waals surface area contributed by atoms with Gasteiger partial charge in [0, 0.05) is 6.54 Å². The summed E-state index contributed by atoms with van der Waals surface area (Å²) in [5.74, 6) is -7.63. The highest BCUT2D eigenvalue weighted by molar-refractivity contribution is 5.94. The Hall–Kier alpha value is -3.55. The fourth-order valence-corrected chi connectivity index (χ4v) is 2.69. The van der Waals surface area contributed by atoms with Gasteiger partial charge in [-0.05, 0) is 29.3 Å². The van der Waals surface area contributed by atoms with E-state index in [0.29, 0.717) is 29.7 Å². The summed E-state index contributed by atoms with van der Waals surface area (Å²) < 4.78 is 64.4. The summed E-state index contributed by atoms with van der Waals surface area (Å²) in [6, 6.07) is 14.7. The summed E-state index contributed by atoms with van der Waals surface area (Å²) in [6.45, 7) is 0.239. The number of carbonyl (C=O) groups is 1. The van der Waals surface area contributed by atoms with Crippen LogP contribution in [0.1, 0.15) is 21.5 Å². The van der Waals surface area contributed by atoms with Gasteiger partial charge in [0.05, 0.1) is 12.7 Å². The van der Waals surface area contributed by atoms with E-state index in [1.807, 2.05) is 30.3 Å². The van der Waals surface area contributed by atoms with Crippen molar-refractivity contribution in [3.63, 3.8) is 0 Å². The highest BCUT2D eigenvalue weighted by Crippen LogP contribution is 2.29. The SMILES string of the molecule is COc1cc(CNC(=O)c2cc(F)c(F)c(F)c2F)ccc1OCc1ccccc1. The molecular formula is C22H17F4NO3. The molecule has 156 valence electrons. The number of ether oxygens (including phenoxy) is 2. The quantitative estimate of drug-likeness (QED) is 0.341. The van der Waals surface area contributed by atoms with Crippen LogP contribution in [0.2, 0.25) is 0 Å². The highest BCUT2D eigenvalue weighted by Gasteiger charge is 2.23. The maximum absolute atomic E-state index is 13.7. The maximum Gasteiger partial charge on any atom is 0.254 e. The zero-order valence-electron chi connectivity index (χ0n) is 15.8. The van der Waals surface area contributed by atoms with Gasteiger partial charge in [-0.25, -0.2) is 17.6 Å². The number of hydrogen-bond acceptors (Lipinski definition) is 3. The Morgan fingerprint density at radius 3 is 2.30 bits per heavy atom. The van der Waals surface area contributed by atoms with Crippen LogP contribution in [0.4, 0.5) is 17.6 Å². The monoisotopic (exact) mass is 419 g/mol. The van der Waals surface area contributed by atoms with Crippen LogP contribution in [-0.2, 0) is 13.2 Å². The van der Waals surface area contributed by atoms with Gasteiger partial charge in [-0.15, -0.1) is 0 Å². The maximum atomic E-state index is 13.7. The van der Waals surface area contributed by atoms with E-state index in [4.69, 9.17) is 9.47 Å². The summed E-state index contributed by atoms with van der Waals surface area (Å²) in [5.41, 5.74) is 0.605. The molecular weight excluding hydrogens is 402 g/mol. The summed E-state index contributed by atoms with van der Waals surface area (Å²) in [6.07, 6.45) is 0. The molecule has 3 rings (SSSR count). The lowest BCUT2D eigenvalue weighted by Gasteiger charge is -2.13. The van der Waals surface area contributed by atoms with Crippen molar-refractivity contribution in [1.29, 1.82) is 0 Å². The van der Waals surface area contributed by atoms with Gasteiger partial charge < -0.3 is 14.8 Å². The van der Waals surface area contributed by atoms with Crippen molar-refractivity contribution in [3.05, 3.63) is 94.6 Å². The Labute approximate surface area is 170 Å². The van der Waals surface area contributed by atoms with Crippen LogP contribution in [0.5, 0.6) is 11.5 Å². The van der Waals surface area contributed by atoms with Gasteiger partial charge in [-0.1, -0.05) is 36.4 Å². The number of benzene rings is 3. The minimum Gasteiger partial charge on any atom is -0.493 e. The van der Waals surface area contributed by atoms with E-state index in [-0.39, 0.29) is 6.54 Å². The molecule has 0 heterocycles. The lowest BCUT2D eigenvalue weighted by Crippen LogP contribution is -2.25. The van der Waals surface area contributed by atoms with E-state index in [1.165, 1.54) is 7.11 Å². The first kappa shape index (κ1) is 21.2. The Bertz CT molecular complexity index is 1060. The molecule has 0 aliphatic carbocycles. The standard InChI is InChI=1S/C22H17F4NO3/c1-29-18-9-14(7-8-17(18)30-12-13-5-3-2-4-6-13)11-27-22(28)15-10-16(23)20(25)21(26)19(15)24/h2-10H,11-12H2,1H3,(H,27,28). The number of halogens is 4. The van der Waals surface area contributed by atoms with Crippen molar-refractivity contribution >= 4 is 5.91 Å². The predicted octanol–water partition coefficient (Wildman–Crippen LogP) is 4.76. The lowest BCUT2D eigenvalue weighted by atomic mass is 10.1. The van der Waals surface area contributed by atoms with Crippen LogP contribution in [-0.4, -0.2) is 13.0 Å². The molecule has 0 atom stereocenters. The minimum absolute atomic E-state index is 0.0891. The van der Waals surface area contributed by atoms with Crippen molar-refractivity contribution in [2.24, 2.45) is 0 Å². The van der Waals surface area contributed by atoms with E-state index in [2.05, 4.69) is 5.32 Å². The smallest absolute Gasteiger partial charge is 0.254 e. The van der Waals surface area contributed by atoms with Crippen LogP contribution in [0.3, 0.4) is 0 Å². The third-order valence-corrected chi connectivity index (χ3v) is 4.27. The molecule has 0 radical (unpaired) electrons. The van der Waals surface area contributed by atoms with Crippen LogP contribution in [0.15, 0.2) is 54.6 Å². The molecule has 3 aromatic carbocycles. The second-order valence-electron chi connectivity index (χ2n) is 6.29. The molecule has 4 nitrogen and oxygen atoms in total. The van der Waals surface area contributed by atoms with E-state index < -0.39 is 34.7 Å². The van der Waals surface area contributed by atoms with Gasteiger partial charge in [-0.2, -0.15) is 0 Å². The number of amides is 1. The van der Waals surface area contributed by atoms with E-state index in [0.717, 1.165) is 5.56 Å². The zero-order chi connectivity index (χ0) is 21.7. The van der Waals surface area contributed by atoms with Crippen molar-refractivity contribution in [3.8, 4) is 11.5 Å². The van der Waals surface area contributed by atoms with E-state index in [9.17, 15) is 22.4 Å². The molecule has 0 aliphatic heterocycles. The van der Waals surface area contributed by atoms with Gasteiger partial charge in [0.1, 0.15) is 6.61 Å². The summed E-state index contributed by atoms with van der Waals surface area (Å²) in [4.78, 5) is 12.1. The Balaban J connectivity index is 1.68. The normalized spacial score (nSPS) is 10.6. The van der Waals surface area contributed by atoms with Crippen molar-refractivity contribution < 1.29 is 31.8 Å². The Morgan fingerprint density at radius 1 is 0.867 bits per heavy atom. The molecule has 1 N–H and O–H groups in total. The van der Waals surface area contributed by atoms with Crippen molar-refractivity contribution in [2.45, 2.75) is 13.2 Å². The number of nitrogens with one attached hydrogen (secondary N) is 1. The number of hydrogen-bond donors (Lipinski definition) is 1. The molecule has 0 aliphatic rings. The molecule has 0 saturated heterocycles. The lowest BCUT2D eigenvalue weighted by molar-refractivity contribution is 0.0944. The van der Waals surface area contributed by atoms with E-state index >= 15 is 0 Å². The first-order chi connectivity index (χ1) is 14.4. The second-order valence-corrected chi connectivity index (χ2v) is 6.29. The van der Waals surface area contributed by atoms with E-state index in [1.54, 1.807) is 18.2 Å². The molecule has 1 amide bonds. The van der Waals surface area contributed by atoms with Gasteiger partial charge in [0.15, 0.2) is 34.8 Å². The second kappa shape index (κ2) is 9.30. The molecule has 0 spiro atoms. The van der Waals surface area contributed by atoms with Crippen LogP contribution in [0.25, 0.3) is 0 Å².